The van der Waals surface area contributed by atoms with Crippen molar-refractivity contribution in [3.8, 4) is 0 Å². The van der Waals surface area contributed by atoms with Crippen molar-refractivity contribution in [1.82, 2.24) is 0 Å². The van der Waals surface area contributed by atoms with Gasteiger partial charge in [-0.25, -0.2) is 0 Å². The van der Waals surface area contributed by atoms with Gasteiger partial charge in [-0.2, -0.15) is 0 Å². The van der Waals surface area contributed by atoms with Crippen LogP contribution in [-0.4, -0.2) is 6.29 Å². The first-order chi connectivity index (χ1) is 4.43. The number of nitrogens with zero attached hydrogens (tertiary/aromatic N) is 1. The van der Waals surface area contributed by atoms with Gasteiger partial charge >= 0.3 is 17.1 Å². The number of nitroso groups, excluding NO2 is 1. The predicted octanol–water partition coefficient (Wildman–Crippen LogP) is 1.16. The van der Waals surface area contributed by atoms with Crippen LogP contribution in [0.25, 0.3) is 5.59 Å². The molecule has 1 aliphatic carbocycles. The Kier molecular flexibility index (Phi) is 9.92. The second kappa shape index (κ2) is 8.27. The van der Waals surface area contributed by atoms with E-state index in [2.05, 4.69) is 0 Å². The first kappa shape index (κ1) is 12.0. The molecule has 1 rings (SSSR count). The molecule has 0 bridgehead atoms. The molecule has 0 aromatic heterocycles. The molecule has 1 aliphatic rings. The van der Waals surface area contributed by atoms with E-state index in [1.165, 1.54) is 0 Å². The third kappa shape index (κ3) is 4.18. The molecular weight excluding hydrogens is 173 g/mol. The van der Waals surface area contributed by atoms with E-state index in [0.717, 1.165) is 0 Å². The van der Waals surface area contributed by atoms with Gasteiger partial charge in [-0.05, 0) is 0 Å². The van der Waals surface area contributed by atoms with Gasteiger partial charge in [0.1, 0.15) is 0 Å². The van der Waals surface area contributed by atoms with Crippen LogP contribution in [0.2, 0.25) is 0 Å². The second-order valence-corrected chi connectivity index (χ2v) is 1.41. The molecule has 53 valence electrons. The molecule has 0 saturated carbocycles. The molecule has 0 fully saturated rings. The van der Waals surface area contributed by atoms with E-state index in [0.29, 0.717) is 0 Å². The van der Waals surface area contributed by atoms with Gasteiger partial charge < -0.3 is 15.3 Å². The quantitative estimate of drug-likeness (QED) is 0.446. The van der Waals surface area contributed by atoms with Crippen molar-refractivity contribution in [2.24, 2.45) is 5.92 Å². The second-order valence-electron chi connectivity index (χ2n) is 1.41. The zero-order chi connectivity index (χ0) is 7.11. The van der Waals surface area contributed by atoms with E-state index in [-0.39, 0.29) is 23.0 Å². The summed E-state index contributed by atoms with van der Waals surface area (Å²) in [5, 5.41) is 0. The Hall–Kier alpha value is -0.731. The molecule has 0 unspecified atom stereocenters. The molecule has 0 N–H and O–H groups in total. The van der Waals surface area contributed by atoms with Crippen LogP contribution in [0.3, 0.4) is 0 Å². The molecular formula is C6H5MnNO2. The molecule has 4 heteroatoms. The maximum atomic E-state index is 9.78. The maximum Gasteiger partial charge on any atom is 2.00 e. The van der Waals surface area contributed by atoms with Gasteiger partial charge in [-0.1, -0.05) is 12.2 Å². The summed E-state index contributed by atoms with van der Waals surface area (Å²) in [7, 11) is 0. The van der Waals surface area contributed by atoms with Crippen molar-refractivity contribution in [2.75, 3.05) is 0 Å². The van der Waals surface area contributed by atoms with E-state index in [1.807, 2.05) is 18.4 Å². The van der Waals surface area contributed by atoms with E-state index in [9.17, 15) is 4.79 Å². The maximum absolute atomic E-state index is 9.78. The minimum absolute atomic E-state index is 0. The summed E-state index contributed by atoms with van der Waals surface area (Å²) >= 11 is 0. The first-order valence-electron chi connectivity index (χ1n) is 2.34. The van der Waals surface area contributed by atoms with Crippen LogP contribution in [0.4, 0.5) is 0 Å². The summed E-state index contributed by atoms with van der Waals surface area (Å²) in [6.07, 6.45) is 9.12. The number of allylic oxidation sites excluding steroid dienone is 4. The Bertz CT molecular complexity index is 133. The molecule has 3 nitrogen and oxygen atoms in total. The topological polar surface area (TPSA) is 56.4 Å². The van der Waals surface area contributed by atoms with Crippen LogP contribution >= 0.6 is 0 Å². The van der Waals surface area contributed by atoms with Crippen molar-refractivity contribution in [2.45, 2.75) is 0 Å². The van der Waals surface area contributed by atoms with E-state index in [4.69, 9.17) is 10.5 Å². The van der Waals surface area contributed by atoms with Gasteiger partial charge in [-0.15, -0.1) is 18.1 Å². The Labute approximate surface area is 69.4 Å². The summed E-state index contributed by atoms with van der Waals surface area (Å²) in [6.45, 7) is 0. The normalized spacial score (nSPS) is 13.2. The van der Waals surface area contributed by atoms with Crippen molar-refractivity contribution in [1.29, 1.82) is 0 Å². The fourth-order valence-corrected chi connectivity index (χ4v) is 0.510. The fourth-order valence-electron chi connectivity index (χ4n) is 0.510. The molecule has 0 atom stereocenters. The molecule has 0 saturated heterocycles. The van der Waals surface area contributed by atoms with Crippen LogP contribution in [-0.2, 0) is 21.9 Å². The summed E-state index contributed by atoms with van der Waals surface area (Å²) in [6, 6.07) is 0. The summed E-state index contributed by atoms with van der Waals surface area (Å²) in [5.74, 6) is -0.0694. The molecule has 1 radical (unpaired) electrons. The Morgan fingerprint density at radius 2 is 1.60 bits per heavy atom. The van der Waals surface area contributed by atoms with Gasteiger partial charge in [0.25, 0.3) is 0 Å². The van der Waals surface area contributed by atoms with Crippen molar-refractivity contribution < 1.29 is 21.9 Å². The minimum atomic E-state index is -0.0694. The molecule has 0 spiro atoms. The largest absolute Gasteiger partial charge is 2.00 e. The molecule has 0 aliphatic heterocycles. The van der Waals surface area contributed by atoms with Crippen molar-refractivity contribution in [3.63, 3.8) is 0 Å². The predicted molar refractivity (Wildman–Crippen MR) is 34.2 cm³/mol. The van der Waals surface area contributed by atoms with Crippen LogP contribution in [0, 0.1) is 10.8 Å². The van der Waals surface area contributed by atoms with Gasteiger partial charge in [-0.3, -0.25) is 6.29 Å². The number of hydrogen-bond donors (Lipinski definition) is 0. The van der Waals surface area contributed by atoms with Gasteiger partial charge in [0.15, 0.2) is 0 Å². The monoisotopic (exact) mass is 178 g/mol. The zero-order valence-electron chi connectivity index (χ0n) is 5.03. The average Bonchev–Trinajstić information content (AvgIpc) is 2.43. The number of carbonyl (C=O) groups excluding carboxylic acids is 1. The van der Waals surface area contributed by atoms with Crippen LogP contribution in [0.5, 0.6) is 0 Å². The summed E-state index contributed by atoms with van der Waals surface area (Å²) in [5.41, 5.74) is 5.75. The number of hydrogen-bond acceptors (Lipinski definition) is 2. The van der Waals surface area contributed by atoms with Crippen molar-refractivity contribution in [3.05, 3.63) is 34.8 Å². The zero-order valence-corrected chi connectivity index (χ0v) is 6.21. The average molecular weight is 178 g/mol. The molecule has 0 amide bonds. The van der Waals surface area contributed by atoms with Gasteiger partial charge in [0.05, 0.1) is 0 Å². The fraction of sp³-hybridized carbons (Fsp3) is 0.167. The standard InChI is InChI=1S/C6H5O.Mn.NO/c7-5-6-3-1-2-4-6;;1-2/h1-4,6H;;/q-1;+2;-1. The summed E-state index contributed by atoms with van der Waals surface area (Å²) in [4.78, 5) is 17.0. The Morgan fingerprint density at radius 1 is 1.20 bits per heavy atom. The third-order valence-corrected chi connectivity index (χ3v) is 0.884. The van der Waals surface area contributed by atoms with E-state index in [1.54, 1.807) is 12.2 Å². The van der Waals surface area contributed by atoms with Crippen molar-refractivity contribution >= 4 is 6.29 Å². The Balaban J connectivity index is 0. The third-order valence-electron chi connectivity index (χ3n) is 0.884. The Morgan fingerprint density at radius 3 is 1.80 bits per heavy atom. The van der Waals surface area contributed by atoms with Gasteiger partial charge in [0, 0.05) is 0 Å². The number of rotatable bonds is 1. The summed E-state index contributed by atoms with van der Waals surface area (Å²) < 4.78 is 0. The minimum Gasteiger partial charge on any atom is -0.577 e. The van der Waals surface area contributed by atoms with E-state index < -0.39 is 0 Å². The molecule has 0 aromatic rings. The SMILES string of the molecule is O=[C-]C1C=CC=C1.[Mn+2].[N-]=O. The van der Waals surface area contributed by atoms with Gasteiger partial charge in [0.2, 0.25) is 0 Å². The van der Waals surface area contributed by atoms with E-state index >= 15 is 0 Å². The molecule has 10 heavy (non-hydrogen) atoms. The molecule has 0 heterocycles. The van der Waals surface area contributed by atoms with Crippen LogP contribution < -0.4 is 0 Å². The smallest absolute Gasteiger partial charge is 0.577 e. The van der Waals surface area contributed by atoms with Crippen LogP contribution in [0.15, 0.2) is 24.3 Å². The van der Waals surface area contributed by atoms with Crippen LogP contribution in [0.1, 0.15) is 0 Å². The first-order valence-corrected chi connectivity index (χ1v) is 2.34. The molecule has 0 aromatic carbocycles.